The summed E-state index contributed by atoms with van der Waals surface area (Å²) in [7, 11) is 0. The van der Waals surface area contributed by atoms with Crippen LogP contribution in [0.15, 0.2) is 36.5 Å². The maximum Gasteiger partial charge on any atom is 0.306 e. The van der Waals surface area contributed by atoms with E-state index in [0.717, 1.165) is 57.8 Å². The predicted octanol–water partition coefficient (Wildman–Crippen LogP) is 11.1. The summed E-state index contributed by atoms with van der Waals surface area (Å²) in [5.74, 6) is -0.823. The fraction of sp³-hybridized carbons (Fsp3) is 0.840. The third-order valence-corrected chi connectivity index (χ3v) is 11.4. The average Bonchev–Trinajstić information content (AvgIpc) is 3.25. The summed E-state index contributed by atoms with van der Waals surface area (Å²) in [5.41, 5.74) is 0. The third-order valence-electron chi connectivity index (χ3n) is 11.4. The summed E-state index contributed by atoms with van der Waals surface area (Å²) in [4.78, 5) is 25.4. The lowest BCUT2D eigenvalue weighted by molar-refractivity contribution is -0.305. The molecule has 0 aliphatic carbocycles. The Kier molecular flexibility index (Phi) is 38.2. The highest BCUT2D eigenvalue weighted by atomic mass is 16.7. The van der Waals surface area contributed by atoms with Crippen molar-refractivity contribution in [3.63, 3.8) is 0 Å². The molecular weight excluding hydrogens is 761 g/mol. The Labute approximate surface area is 366 Å². The summed E-state index contributed by atoms with van der Waals surface area (Å²) >= 11 is 0. The molecule has 0 amide bonds. The smallest absolute Gasteiger partial charge is 0.306 e. The SMILES string of the molecule is CC/C=C/C=C/C=C/CCCCCCCC(=O)OC(COC(=O)CCCCCCCCCCCCCCCCCCCCCCCC)CO[C@H]1O[C@@H](CO)[C@@H](O)C(O)C1O. The summed E-state index contributed by atoms with van der Waals surface area (Å²) < 4.78 is 22.2. The van der Waals surface area contributed by atoms with Crippen LogP contribution in [0.3, 0.4) is 0 Å². The van der Waals surface area contributed by atoms with Crippen LogP contribution in [0, 0.1) is 0 Å². The first kappa shape index (κ1) is 55.9. The van der Waals surface area contributed by atoms with Gasteiger partial charge < -0.3 is 39.4 Å². The van der Waals surface area contributed by atoms with E-state index in [-0.39, 0.29) is 32.0 Å². The number of hydrogen-bond donors (Lipinski definition) is 4. The van der Waals surface area contributed by atoms with E-state index in [9.17, 15) is 30.0 Å². The van der Waals surface area contributed by atoms with Crippen LogP contribution >= 0.6 is 0 Å². The summed E-state index contributed by atoms with van der Waals surface area (Å²) in [6.45, 7) is 3.29. The van der Waals surface area contributed by atoms with Crippen LogP contribution in [-0.2, 0) is 28.5 Å². The van der Waals surface area contributed by atoms with Crippen molar-refractivity contribution in [2.24, 2.45) is 0 Å². The minimum Gasteiger partial charge on any atom is -0.462 e. The summed E-state index contributed by atoms with van der Waals surface area (Å²) in [6, 6.07) is 0. The second-order valence-electron chi connectivity index (χ2n) is 17.0. The molecule has 1 saturated heterocycles. The van der Waals surface area contributed by atoms with Gasteiger partial charge in [-0.05, 0) is 32.1 Å². The zero-order valence-corrected chi connectivity index (χ0v) is 38.2. The van der Waals surface area contributed by atoms with E-state index in [0.29, 0.717) is 6.42 Å². The molecule has 10 nitrogen and oxygen atoms in total. The van der Waals surface area contributed by atoms with E-state index in [1.807, 2.05) is 18.2 Å². The molecule has 3 unspecified atom stereocenters. The zero-order valence-electron chi connectivity index (χ0n) is 38.2. The van der Waals surface area contributed by atoms with Crippen molar-refractivity contribution in [2.75, 3.05) is 19.8 Å². The van der Waals surface area contributed by atoms with Crippen molar-refractivity contribution in [1.29, 1.82) is 0 Å². The number of carbonyl (C=O) groups excluding carboxylic acids is 2. The monoisotopic (exact) mass is 851 g/mol. The van der Waals surface area contributed by atoms with E-state index in [1.54, 1.807) is 0 Å². The highest BCUT2D eigenvalue weighted by Gasteiger charge is 2.44. The molecule has 350 valence electrons. The Morgan fingerprint density at radius 3 is 1.47 bits per heavy atom. The number of aliphatic hydroxyl groups is 4. The van der Waals surface area contributed by atoms with Gasteiger partial charge in [-0.1, -0.05) is 204 Å². The lowest BCUT2D eigenvalue weighted by Gasteiger charge is -2.39. The number of esters is 2. The quantitative estimate of drug-likeness (QED) is 0.0266. The van der Waals surface area contributed by atoms with Crippen molar-refractivity contribution in [2.45, 2.75) is 250 Å². The topological polar surface area (TPSA) is 152 Å². The molecule has 0 aromatic carbocycles. The van der Waals surface area contributed by atoms with Crippen LogP contribution < -0.4 is 0 Å². The van der Waals surface area contributed by atoms with Crippen molar-refractivity contribution >= 4 is 11.9 Å². The number of ether oxygens (including phenoxy) is 4. The Hall–Kier alpha value is -2.08. The first-order chi connectivity index (χ1) is 29.3. The number of aliphatic hydroxyl groups excluding tert-OH is 4. The first-order valence-electron chi connectivity index (χ1n) is 24.6. The molecule has 6 atom stereocenters. The van der Waals surface area contributed by atoms with Crippen molar-refractivity contribution in [1.82, 2.24) is 0 Å². The standard InChI is InChI=1S/C50H90O10/c1-3-5-7-9-11-13-15-17-18-19-20-21-22-23-24-25-27-28-30-32-34-36-38-45(52)57-41-43(42-58-50-49(56)48(55)47(54)44(40-51)60-50)59-46(53)39-37-35-33-31-29-26-16-14-12-10-8-6-4-2/h6,8,10,12,14,16,43-44,47-51,54-56H,3-5,7,9,11,13,15,17-42H2,1-2H3/b8-6+,12-10+,16-14+/t43?,44-,47+,48?,49?,50-/m0/s1. The fourth-order valence-electron chi connectivity index (χ4n) is 7.48. The Balaban J connectivity index is 2.23. The van der Waals surface area contributed by atoms with Gasteiger partial charge in [0, 0.05) is 12.8 Å². The van der Waals surface area contributed by atoms with Crippen LogP contribution in [0.2, 0.25) is 0 Å². The van der Waals surface area contributed by atoms with E-state index in [1.165, 1.54) is 122 Å². The minimum atomic E-state index is -1.60. The van der Waals surface area contributed by atoms with Crippen molar-refractivity contribution in [3.8, 4) is 0 Å². The van der Waals surface area contributed by atoms with Crippen LogP contribution in [0.4, 0.5) is 0 Å². The van der Waals surface area contributed by atoms with Crippen LogP contribution in [0.5, 0.6) is 0 Å². The highest BCUT2D eigenvalue weighted by molar-refractivity contribution is 5.70. The molecule has 0 saturated carbocycles. The van der Waals surface area contributed by atoms with Gasteiger partial charge in [-0.15, -0.1) is 0 Å². The second kappa shape index (κ2) is 41.0. The van der Waals surface area contributed by atoms with Gasteiger partial charge >= 0.3 is 11.9 Å². The van der Waals surface area contributed by atoms with E-state index >= 15 is 0 Å². The number of carbonyl (C=O) groups is 2. The maximum atomic E-state index is 12.8. The second-order valence-corrected chi connectivity index (χ2v) is 17.0. The lowest BCUT2D eigenvalue weighted by atomic mass is 9.99. The van der Waals surface area contributed by atoms with Gasteiger partial charge in [0.15, 0.2) is 12.4 Å². The van der Waals surface area contributed by atoms with Gasteiger partial charge in [0.25, 0.3) is 0 Å². The van der Waals surface area contributed by atoms with Crippen molar-refractivity contribution < 1.29 is 49.0 Å². The molecule has 0 bridgehead atoms. The maximum absolute atomic E-state index is 12.8. The molecule has 0 aromatic rings. The molecule has 60 heavy (non-hydrogen) atoms. The first-order valence-corrected chi connectivity index (χ1v) is 24.6. The average molecular weight is 851 g/mol. The number of rotatable bonds is 41. The highest BCUT2D eigenvalue weighted by Crippen LogP contribution is 2.23. The largest absolute Gasteiger partial charge is 0.462 e. The minimum absolute atomic E-state index is 0.208. The lowest BCUT2D eigenvalue weighted by Crippen LogP contribution is -2.59. The van der Waals surface area contributed by atoms with Gasteiger partial charge in [0.2, 0.25) is 0 Å². The van der Waals surface area contributed by atoms with Crippen molar-refractivity contribution in [3.05, 3.63) is 36.5 Å². The van der Waals surface area contributed by atoms with Gasteiger partial charge in [0.1, 0.15) is 31.0 Å². The predicted molar refractivity (Wildman–Crippen MR) is 242 cm³/mol. The molecule has 4 N–H and O–H groups in total. The van der Waals surface area contributed by atoms with Crippen LogP contribution in [-0.4, -0.2) is 89.0 Å². The Bertz CT molecular complexity index is 1080. The summed E-state index contributed by atoms with van der Waals surface area (Å²) in [6.07, 6.45) is 40.2. The Morgan fingerprint density at radius 2 is 0.983 bits per heavy atom. The molecule has 1 heterocycles. The third kappa shape index (κ3) is 31.7. The van der Waals surface area contributed by atoms with E-state index in [4.69, 9.17) is 18.9 Å². The molecule has 1 rings (SSSR count). The molecule has 1 aliphatic rings. The van der Waals surface area contributed by atoms with Crippen LogP contribution in [0.25, 0.3) is 0 Å². The molecule has 0 aromatic heterocycles. The molecule has 10 heteroatoms. The zero-order chi connectivity index (χ0) is 43.7. The molecule has 1 fully saturated rings. The van der Waals surface area contributed by atoms with E-state index in [2.05, 4.69) is 32.1 Å². The van der Waals surface area contributed by atoms with Gasteiger partial charge in [0.05, 0.1) is 13.2 Å². The van der Waals surface area contributed by atoms with Gasteiger partial charge in [-0.2, -0.15) is 0 Å². The molecule has 0 spiro atoms. The van der Waals surface area contributed by atoms with E-state index < -0.39 is 49.4 Å². The van der Waals surface area contributed by atoms with Gasteiger partial charge in [-0.3, -0.25) is 9.59 Å². The Morgan fingerprint density at radius 1 is 0.533 bits per heavy atom. The number of hydrogen-bond acceptors (Lipinski definition) is 10. The normalized spacial score (nSPS) is 20.1. The molecule has 0 radical (unpaired) electrons. The fourth-order valence-corrected chi connectivity index (χ4v) is 7.48. The van der Waals surface area contributed by atoms with Crippen LogP contribution in [0.1, 0.15) is 213 Å². The molecule has 1 aliphatic heterocycles. The van der Waals surface area contributed by atoms with Gasteiger partial charge in [-0.25, -0.2) is 0 Å². The number of unbranched alkanes of at least 4 members (excludes halogenated alkanes) is 26. The summed E-state index contributed by atoms with van der Waals surface area (Å²) in [5, 5.41) is 40.1. The molecular formula is C50H90O10. The number of allylic oxidation sites excluding steroid dienone is 6.